The Morgan fingerprint density at radius 3 is 2.55 bits per heavy atom. The summed E-state index contributed by atoms with van der Waals surface area (Å²) in [6, 6.07) is 14.9. The predicted molar refractivity (Wildman–Crippen MR) is 123 cm³/mol. The molecule has 0 N–H and O–H groups in total. The summed E-state index contributed by atoms with van der Waals surface area (Å²) >= 11 is 3.42. The van der Waals surface area contributed by atoms with Crippen molar-refractivity contribution in [3.8, 4) is 0 Å². The molecule has 3 aromatic rings. The van der Waals surface area contributed by atoms with Crippen LogP contribution in [0, 0.1) is 0 Å². The van der Waals surface area contributed by atoms with Crippen LogP contribution in [0.2, 0.25) is 0 Å². The van der Waals surface area contributed by atoms with E-state index in [-0.39, 0.29) is 18.4 Å². The fourth-order valence-corrected chi connectivity index (χ4v) is 3.75. The molecule has 2 heterocycles. The third kappa shape index (κ3) is 6.34. The van der Waals surface area contributed by atoms with Gasteiger partial charge in [-0.25, -0.2) is 0 Å². The number of furan rings is 1. The van der Waals surface area contributed by atoms with Crippen molar-refractivity contribution in [2.75, 3.05) is 13.1 Å². The average Bonchev–Trinajstić information content (AvgIpc) is 3.42. The Morgan fingerprint density at radius 1 is 1.06 bits per heavy atom. The van der Waals surface area contributed by atoms with Gasteiger partial charge in [0.05, 0.1) is 19.4 Å². The summed E-state index contributed by atoms with van der Waals surface area (Å²) in [7, 11) is 1.95. The summed E-state index contributed by atoms with van der Waals surface area (Å²) in [4.78, 5) is 29.9. The summed E-state index contributed by atoms with van der Waals surface area (Å²) in [5, 5.41) is 0. The quantitative estimate of drug-likeness (QED) is 0.412. The molecule has 0 fully saturated rings. The van der Waals surface area contributed by atoms with Gasteiger partial charge in [0, 0.05) is 35.5 Å². The van der Waals surface area contributed by atoms with Crippen LogP contribution >= 0.6 is 15.9 Å². The number of rotatable bonds is 10. The number of nitrogens with zero attached hydrogens (tertiary/aromatic N) is 3. The van der Waals surface area contributed by atoms with Crippen molar-refractivity contribution < 1.29 is 14.0 Å². The first-order valence-electron chi connectivity index (χ1n) is 10.4. The van der Waals surface area contributed by atoms with Gasteiger partial charge >= 0.3 is 0 Å². The lowest BCUT2D eigenvalue weighted by molar-refractivity contribution is -0.133. The summed E-state index contributed by atoms with van der Waals surface area (Å²) in [5.74, 6) is 0.456. The molecule has 0 aliphatic carbocycles. The van der Waals surface area contributed by atoms with Crippen molar-refractivity contribution in [3.63, 3.8) is 0 Å². The molecule has 3 rings (SSSR count). The van der Waals surface area contributed by atoms with Gasteiger partial charge in [0.15, 0.2) is 0 Å². The van der Waals surface area contributed by atoms with E-state index in [1.807, 2.05) is 54.2 Å². The zero-order valence-electron chi connectivity index (χ0n) is 18.0. The topological polar surface area (TPSA) is 58.7 Å². The van der Waals surface area contributed by atoms with Gasteiger partial charge < -0.3 is 18.8 Å². The molecular formula is C24H28BrN3O3. The fraction of sp³-hybridized carbons (Fsp3) is 0.333. The van der Waals surface area contributed by atoms with Gasteiger partial charge in [0.2, 0.25) is 5.91 Å². The van der Waals surface area contributed by atoms with Gasteiger partial charge in [-0.15, -0.1) is 0 Å². The minimum Gasteiger partial charge on any atom is -0.467 e. The Hall–Kier alpha value is -2.80. The van der Waals surface area contributed by atoms with E-state index in [1.54, 1.807) is 28.2 Å². The Labute approximate surface area is 191 Å². The fourth-order valence-electron chi connectivity index (χ4n) is 3.35. The number of aryl methyl sites for hydroxylation is 1. The zero-order chi connectivity index (χ0) is 22.2. The lowest BCUT2D eigenvalue weighted by Crippen LogP contribution is -2.43. The Balaban J connectivity index is 1.79. The summed E-state index contributed by atoms with van der Waals surface area (Å²) in [6.45, 7) is 3.42. The predicted octanol–water partition coefficient (Wildman–Crippen LogP) is 4.85. The number of benzene rings is 1. The van der Waals surface area contributed by atoms with Crippen LogP contribution in [0.1, 0.15) is 41.6 Å². The van der Waals surface area contributed by atoms with Crippen LogP contribution in [0.4, 0.5) is 0 Å². The van der Waals surface area contributed by atoms with Crippen molar-refractivity contribution in [2.24, 2.45) is 7.05 Å². The number of carbonyl (C=O) groups is 2. The number of carbonyl (C=O) groups excluding carboxylic acids is 2. The second-order valence-electron chi connectivity index (χ2n) is 7.53. The molecule has 164 valence electrons. The molecule has 7 heteroatoms. The highest BCUT2D eigenvalue weighted by atomic mass is 79.9. The summed E-state index contributed by atoms with van der Waals surface area (Å²) in [5.41, 5.74) is 1.58. The number of aromatic nitrogens is 1. The largest absolute Gasteiger partial charge is 0.467 e. The standard InChI is InChI=1S/C24H28BrN3O3/c1-3-4-13-27(24(30)19-8-5-9-20(25)15-19)18-23(29)28(17-22-11-7-14-31-22)16-21-10-6-12-26(21)2/h5-12,14-15H,3-4,13,16-18H2,1-2H3. The molecule has 0 unspecified atom stereocenters. The molecule has 6 nitrogen and oxygen atoms in total. The van der Waals surface area contributed by atoms with E-state index >= 15 is 0 Å². The maximum atomic E-state index is 13.4. The monoisotopic (exact) mass is 485 g/mol. The molecule has 1 aromatic carbocycles. The van der Waals surface area contributed by atoms with Crippen LogP contribution < -0.4 is 0 Å². The average molecular weight is 486 g/mol. The third-order valence-electron chi connectivity index (χ3n) is 5.15. The zero-order valence-corrected chi connectivity index (χ0v) is 19.5. The minimum atomic E-state index is -0.139. The van der Waals surface area contributed by atoms with E-state index in [1.165, 1.54) is 0 Å². The van der Waals surface area contributed by atoms with Gasteiger partial charge in [-0.2, -0.15) is 0 Å². The maximum absolute atomic E-state index is 13.4. The van der Waals surface area contributed by atoms with Crippen LogP contribution in [-0.4, -0.2) is 39.3 Å². The van der Waals surface area contributed by atoms with E-state index in [9.17, 15) is 9.59 Å². The van der Waals surface area contributed by atoms with E-state index in [4.69, 9.17) is 4.42 Å². The molecule has 0 spiro atoms. The van der Waals surface area contributed by atoms with Crippen molar-refractivity contribution in [1.29, 1.82) is 0 Å². The van der Waals surface area contributed by atoms with Gasteiger partial charge in [-0.3, -0.25) is 9.59 Å². The highest BCUT2D eigenvalue weighted by Crippen LogP contribution is 2.16. The SMILES string of the molecule is CCCCN(CC(=O)N(Cc1ccco1)Cc1cccn1C)C(=O)c1cccc(Br)c1. The van der Waals surface area contributed by atoms with Crippen molar-refractivity contribution in [3.05, 3.63) is 82.5 Å². The molecule has 0 saturated carbocycles. The van der Waals surface area contributed by atoms with Crippen molar-refractivity contribution >= 4 is 27.7 Å². The normalized spacial score (nSPS) is 10.8. The molecule has 31 heavy (non-hydrogen) atoms. The molecule has 2 amide bonds. The van der Waals surface area contributed by atoms with E-state index in [0.29, 0.717) is 31.0 Å². The Kier molecular flexibility index (Phi) is 8.12. The molecular weight excluding hydrogens is 458 g/mol. The number of amides is 2. The van der Waals surface area contributed by atoms with Crippen LogP contribution in [0.25, 0.3) is 0 Å². The van der Waals surface area contributed by atoms with Crippen LogP contribution in [0.3, 0.4) is 0 Å². The van der Waals surface area contributed by atoms with E-state index < -0.39 is 0 Å². The Bertz CT molecular complexity index is 997. The third-order valence-corrected chi connectivity index (χ3v) is 5.64. The molecule has 0 aliphatic rings. The van der Waals surface area contributed by atoms with Crippen LogP contribution in [-0.2, 0) is 24.9 Å². The second kappa shape index (κ2) is 11.0. The smallest absolute Gasteiger partial charge is 0.254 e. The first-order chi connectivity index (χ1) is 15.0. The Morgan fingerprint density at radius 2 is 1.90 bits per heavy atom. The lowest BCUT2D eigenvalue weighted by Gasteiger charge is -2.27. The number of hydrogen-bond donors (Lipinski definition) is 0. The highest BCUT2D eigenvalue weighted by molar-refractivity contribution is 9.10. The van der Waals surface area contributed by atoms with Crippen LogP contribution in [0.5, 0.6) is 0 Å². The van der Waals surface area contributed by atoms with Gasteiger partial charge in [-0.1, -0.05) is 35.3 Å². The second-order valence-corrected chi connectivity index (χ2v) is 8.45. The molecule has 0 radical (unpaired) electrons. The van der Waals surface area contributed by atoms with Crippen molar-refractivity contribution in [1.82, 2.24) is 14.4 Å². The molecule has 0 saturated heterocycles. The number of halogens is 1. The van der Waals surface area contributed by atoms with Gasteiger partial charge in [0.25, 0.3) is 5.91 Å². The van der Waals surface area contributed by atoms with Gasteiger partial charge in [-0.05, 0) is 48.9 Å². The molecule has 0 bridgehead atoms. The lowest BCUT2D eigenvalue weighted by atomic mass is 10.2. The first-order valence-corrected chi connectivity index (χ1v) is 11.2. The molecule has 2 aromatic heterocycles. The number of hydrogen-bond acceptors (Lipinski definition) is 3. The summed E-state index contributed by atoms with van der Waals surface area (Å²) in [6.07, 6.45) is 5.33. The number of unbranched alkanes of at least 4 members (excludes halogenated alkanes) is 1. The first kappa shape index (κ1) is 22.9. The van der Waals surface area contributed by atoms with Crippen LogP contribution in [0.15, 0.2) is 69.9 Å². The maximum Gasteiger partial charge on any atom is 0.254 e. The van der Waals surface area contributed by atoms with E-state index in [2.05, 4.69) is 22.9 Å². The van der Waals surface area contributed by atoms with E-state index in [0.717, 1.165) is 23.0 Å². The summed E-state index contributed by atoms with van der Waals surface area (Å²) < 4.78 is 8.30. The minimum absolute atomic E-state index is 0.0243. The molecule has 0 atom stereocenters. The van der Waals surface area contributed by atoms with Gasteiger partial charge in [0.1, 0.15) is 12.3 Å². The highest BCUT2D eigenvalue weighted by Gasteiger charge is 2.23. The van der Waals surface area contributed by atoms with Crippen molar-refractivity contribution in [2.45, 2.75) is 32.9 Å². The molecule has 0 aliphatic heterocycles.